The molecule has 4 heteroatoms. The molecule has 3 aromatic rings. The predicted molar refractivity (Wildman–Crippen MR) is 99.5 cm³/mol. The van der Waals surface area contributed by atoms with Crippen LogP contribution in [0.4, 0.5) is 0 Å². The molecule has 2 aromatic carbocycles. The van der Waals surface area contributed by atoms with Crippen LogP contribution in [0.15, 0.2) is 48.7 Å². The van der Waals surface area contributed by atoms with Crippen LogP contribution in [0.1, 0.15) is 35.8 Å². The van der Waals surface area contributed by atoms with E-state index in [1.807, 2.05) is 30.2 Å². The summed E-state index contributed by atoms with van der Waals surface area (Å²) in [5.41, 5.74) is 2.16. The second-order valence-electron chi connectivity index (χ2n) is 6.99. The Morgan fingerprint density at radius 3 is 2.88 bits per heavy atom. The molecule has 1 fully saturated rings. The van der Waals surface area contributed by atoms with E-state index >= 15 is 0 Å². The lowest BCUT2D eigenvalue weighted by Crippen LogP contribution is -2.40. The Labute approximate surface area is 147 Å². The van der Waals surface area contributed by atoms with Gasteiger partial charge in [-0.15, -0.1) is 0 Å². The highest BCUT2D eigenvalue weighted by Gasteiger charge is 2.26. The van der Waals surface area contributed by atoms with E-state index in [-0.39, 0.29) is 5.91 Å². The van der Waals surface area contributed by atoms with Crippen molar-refractivity contribution >= 4 is 16.7 Å². The summed E-state index contributed by atoms with van der Waals surface area (Å²) in [6.07, 6.45) is 4.46. The van der Waals surface area contributed by atoms with E-state index in [0.717, 1.165) is 43.0 Å². The van der Waals surface area contributed by atoms with Gasteiger partial charge in [-0.2, -0.15) is 0 Å². The number of nitrogens with zero attached hydrogens (tertiary/aromatic N) is 2. The first-order valence-corrected chi connectivity index (χ1v) is 8.96. The molecule has 0 spiro atoms. The fourth-order valence-electron chi connectivity index (χ4n) is 3.70. The first-order valence-electron chi connectivity index (χ1n) is 8.96. The van der Waals surface area contributed by atoms with Gasteiger partial charge in [0, 0.05) is 30.9 Å². The molecule has 0 saturated carbocycles. The molecule has 0 radical (unpaired) electrons. The minimum Gasteiger partial charge on any atom is -0.346 e. The Kier molecular flexibility index (Phi) is 4.26. The standard InChI is InChI=1S/C21H23N3O/c1-15-13-22-21(23-15)19-7-4-10-24(14-19)20(25)12-16-8-9-17-5-2-3-6-18(17)11-16/h2-3,5-6,8-9,11,13,19H,4,7,10,12,14H2,1H3,(H,22,23)/t19-/m0/s1. The van der Waals surface area contributed by atoms with Crippen LogP contribution in [-0.2, 0) is 11.2 Å². The number of rotatable bonds is 3. The van der Waals surface area contributed by atoms with Crippen LogP contribution < -0.4 is 0 Å². The maximum atomic E-state index is 12.8. The fraction of sp³-hybridized carbons (Fsp3) is 0.333. The third-order valence-electron chi connectivity index (χ3n) is 5.05. The summed E-state index contributed by atoms with van der Waals surface area (Å²) in [5.74, 6) is 1.55. The van der Waals surface area contributed by atoms with Crippen LogP contribution in [0.25, 0.3) is 10.8 Å². The van der Waals surface area contributed by atoms with Crippen LogP contribution >= 0.6 is 0 Å². The number of aryl methyl sites for hydroxylation is 1. The summed E-state index contributed by atoms with van der Waals surface area (Å²) >= 11 is 0. The zero-order valence-electron chi connectivity index (χ0n) is 14.5. The van der Waals surface area contributed by atoms with Crippen molar-refractivity contribution in [3.63, 3.8) is 0 Å². The largest absolute Gasteiger partial charge is 0.346 e. The Hall–Kier alpha value is -2.62. The minimum atomic E-state index is 0.211. The monoisotopic (exact) mass is 333 g/mol. The highest BCUT2D eigenvalue weighted by Crippen LogP contribution is 2.25. The van der Waals surface area contributed by atoms with E-state index in [1.165, 1.54) is 10.8 Å². The van der Waals surface area contributed by atoms with Crippen molar-refractivity contribution in [1.82, 2.24) is 14.9 Å². The fourth-order valence-corrected chi connectivity index (χ4v) is 3.70. The quantitative estimate of drug-likeness (QED) is 0.792. The van der Waals surface area contributed by atoms with E-state index < -0.39 is 0 Å². The molecule has 1 saturated heterocycles. The van der Waals surface area contributed by atoms with Crippen LogP contribution in [-0.4, -0.2) is 33.9 Å². The molecule has 1 aliphatic heterocycles. The summed E-state index contributed by atoms with van der Waals surface area (Å²) in [6, 6.07) is 14.6. The number of aromatic nitrogens is 2. The third kappa shape index (κ3) is 3.43. The predicted octanol–water partition coefficient (Wildman–Crippen LogP) is 3.82. The highest BCUT2D eigenvalue weighted by atomic mass is 16.2. The molecule has 4 rings (SSSR count). The molecule has 1 atom stereocenters. The number of imidazole rings is 1. The van der Waals surface area contributed by atoms with Gasteiger partial charge >= 0.3 is 0 Å². The average Bonchev–Trinajstić information content (AvgIpc) is 3.08. The van der Waals surface area contributed by atoms with Crippen molar-refractivity contribution < 1.29 is 4.79 Å². The van der Waals surface area contributed by atoms with Gasteiger partial charge in [-0.05, 0) is 36.1 Å². The number of benzene rings is 2. The van der Waals surface area contributed by atoms with Gasteiger partial charge in [-0.1, -0.05) is 42.5 Å². The minimum absolute atomic E-state index is 0.211. The van der Waals surface area contributed by atoms with E-state index in [2.05, 4.69) is 40.3 Å². The van der Waals surface area contributed by atoms with Gasteiger partial charge in [0.15, 0.2) is 0 Å². The Morgan fingerprint density at radius 2 is 2.08 bits per heavy atom. The maximum Gasteiger partial charge on any atom is 0.227 e. The van der Waals surface area contributed by atoms with E-state index in [9.17, 15) is 4.79 Å². The number of nitrogens with one attached hydrogen (secondary N) is 1. The number of hydrogen-bond acceptors (Lipinski definition) is 2. The van der Waals surface area contributed by atoms with Crippen molar-refractivity contribution in [2.45, 2.75) is 32.1 Å². The van der Waals surface area contributed by atoms with Gasteiger partial charge in [0.1, 0.15) is 5.82 Å². The van der Waals surface area contributed by atoms with Crippen molar-refractivity contribution in [2.75, 3.05) is 13.1 Å². The Balaban J connectivity index is 1.46. The smallest absolute Gasteiger partial charge is 0.227 e. The summed E-state index contributed by atoms with van der Waals surface area (Å²) < 4.78 is 0. The summed E-state index contributed by atoms with van der Waals surface area (Å²) in [5, 5.41) is 2.40. The van der Waals surface area contributed by atoms with E-state index in [4.69, 9.17) is 0 Å². The summed E-state index contributed by atoms with van der Waals surface area (Å²) in [7, 11) is 0. The number of piperidine rings is 1. The molecule has 2 heterocycles. The number of carbonyl (C=O) groups excluding carboxylic acids is 1. The zero-order valence-corrected chi connectivity index (χ0v) is 14.5. The van der Waals surface area contributed by atoms with Crippen LogP contribution in [0.5, 0.6) is 0 Å². The molecule has 0 bridgehead atoms. The number of aromatic amines is 1. The molecular weight excluding hydrogens is 310 g/mol. The number of carbonyl (C=O) groups is 1. The van der Waals surface area contributed by atoms with Crippen molar-refractivity contribution in [2.24, 2.45) is 0 Å². The Bertz CT molecular complexity index is 899. The second kappa shape index (κ2) is 6.71. The topological polar surface area (TPSA) is 49.0 Å². The number of fused-ring (bicyclic) bond motifs is 1. The van der Waals surface area contributed by atoms with Crippen LogP contribution in [0.3, 0.4) is 0 Å². The van der Waals surface area contributed by atoms with Gasteiger partial charge in [-0.25, -0.2) is 4.98 Å². The first kappa shape index (κ1) is 15.9. The third-order valence-corrected chi connectivity index (χ3v) is 5.05. The van der Waals surface area contributed by atoms with Crippen molar-refractivity contribution in [3.8, 4) is 0 Å². The molecule has 0 unspecified atom stereocenters. The van der Waals surface area contributed by atoms with Crippen molar-refractivity contribution in [3.05, 3.63) is 65.7 Å². The van der Waals surface area contributed by atoms with Gasteiger partial charge in [-0.3, -0.25) is 4.79 Å². The lowest BCUT2D eigenvalue weighted by Gasteiger charge is -2.32. The molecule has 1 aromatic heterocycles. The first-order chi connectivity index (χ1) is 12.2. The maximum absolute atomic E-state index is 12.8. The lowest BCUT2D eigenvalue weighted by molar-refractivity contribution is -0.131. The molecule has 4 nitrogen and oxygen atoms in total. The number of likely N-dealkylation sites (tertiary alicyclic amines) is 1. The van der Waals surface area contributed by atoms with E-state index in [1.54, 1.807) is 0 Å². The average molecular weight is 333 g/mol. The van der Waals surface area contributed by atoms with Gasteiger partial charge < -0.3 is 9.88 Å². The Morgan fingerprint density at radius 1 is 1.24 bits per heavy atom. The number of amides is 1. The summed E-state index contributed by atoms with van der Waals surface area (Å²) in [6.45, 7) is 3.63. The summed E-state index contributed by atoms with van der Waals surface area (Å²) in [4.78, 5) is 22.6. The van der Waals surface area contributed by atoms with Crippen LogP contribution in [0.2, 0.25) is 0 Å². The molecule has 1 N–H and O–H groups in total. The molecular formula is C21H23N3O. The molecule has 25 heavy (non-hydrogen) atoms. The van der Waals surface area contributed by atoms with E-state index in [0.29, 0.717) is 12.3 Å². The molecule has 1 aliphatic rings. The molecule has 128 valence electrons. The van der Waals surface area contributed by atoms with Gasteiger partial charge in [0.25, 0.3) is 0 Å². The second-order valence-corrected chi connectivity index (χ2v) is 6.99. The van der Waals surface area contributed by atoms with Gasteiger partial charge in [0.05, 0.1) is 6.42 Å². The highest BCUT2D eigenvalue weighted by molar-refractivity contribution is 5.85. The van der Waals surface area contributed by atoms with Gasteiger partial charge in [0.2, 0.25) is 5.91 Å². The normalized spacial score (nSPS) is 17.8. The van der Waals surface area contributed by atoms with Crippen molar-refractivity contribution in [1.29, 1.82) is 0 Å². The lowest BCUT2D eigenvalue weighted by atomic mass is 9.96. The molecule has 1 amide bonds. The number of H-pyrrole nitrogens is 1. The number of hydrogen-bond donors (Lipinski definition) is 1. The SMILES string of the molecule is Cc1cnc([C@H]2CCCN(C(=O)Cc3ccc4ccccc4c3)C2)[nH]1. The zero-order chi connectivity index (χ0) is 17.2. The van der Waals surface area contributed by atoms with Crippen LogP contribution in [0, 0.1) is 6.92 Å². The molecule has 0 aliphatic carbocycles.